The van der Waals surface area contributed by atoms with Gasteiger partial charge in [0, 0.05) is 32.7 Å². The average molecular weight is 525 g/mol. The summed E-state index contributed by atoms with van der Waals surface area (Å²) in [6.45, 7) is 0. The fourth-order valence-corrected chi connectivity index (χ4v) is 7.51. The van der Waals surface area contributed by atoms with Crippen molar-refractivity contribution in [1.29, 1.82) is 0 Å². The Labute approximate surface area is 236 Å². The largest absolute Gasteiger partial charge is 0.320 e. The number of hydrogen-bond donors (Lipinski definition) is 0. The van der Waals surface area contributed by atoms with E-state index in [-0.39, 0.29) is 0 Å². The fraction of sp³-hybridized carbons (Fsp3) is 0.0263. The highest BCUT2D eigenvalue weighted by Gasteiger charge is 2.45. The molecule has 0 spiro atoms. The summed E-state index contributed by atoms with van der Waals surface area (Å²) in [4.78, 5) is 12.8. The molecule has 0 aliphatic carbocycles. The summed E-state index contributed by atoms with van der Waals surface area (Å²) in [5, 5.41) is 4.86. The molecule has 1 aliphatic rings. The van der Waals surface area contributed by atoms with Gasteiger partial charge in [0.1, 0.15) is 11.8 Å². The van der Waals surface area contributed by atoms with E-state index in [2.05, 4.69) is 137 Å². The molecule has 41 heavy (non-hydrogen) atoms. The summed E-state index contributed by atoms with van der Waals surface area (Å²) in [5.74, 6) is 0. The SMILES string of the molecule is O=Cc1ccccc1C1(c2ccccc2)c2ccccc2-n2c3ccccc3c3ccc4c5ccccc5n1c4c32. The summed E-state index contributed by atoms with van der Waals surface area (Å²) in [7, 11) is 0. The summed E-state index contributed by atoms with van der Waals surface area (Å²) in [5.41, 5.74) is 8.82. The van der Waals surface area contributed by atoms with E-state index in [1.54, 1.807) is 0 Å². The quantitative estimate of drug-likeness (QED) is 0.212. The maximum absolute atomic E-state index is 12.8. The Balaban J connectivity index is 1.69. The van der Waals surface area contributed by atoms with Crippen molar-refractivity contribution >= 4 is 49.9 Å². The second kappa shape index (κ2) is 8.06. The van der Waals surface area contributed by atoms with Crippen LogP contribution >= 0.6 is 0 Å². The predicted octanol–water partition coefficient (Wildman–Crippen LogP) is 8.86. The highest BCUT2D eigenvalue weighted by Crippen LogP contribution is 2.53. The van der Waals surface area contributed by atoms with Crippen molar-refractivity contribution in [3.05, 3.63) is 162 Å². The van der Waals surface area contributed by atoms with Crippen LogP contribution in [-0.2, 0) is 5.54 Å². The Kier molecular flexibility index (Phi) is 4.41. The van der Waals surface area contributed by atoms with Gasteiger partial charge in [-0.3, -0.25) is 4.79 Å². The number of para-hydroxylation sites is 3. The van der Waals surface area contributed by atoms with Gasteiger partial charge in [-0.25, -0.2) is 0 Å². The topological polar surface area (TPSA) is 26.9 Å². The Morgan fingerprint density at radius 2 is 1.07 bits per heavy atom. The molecule has 0 amide bonds. The number of rotatable bonds is 3. The number of aromatic nitrogens is 2. The van der Waals surface area contributed by atoms with E-state index in [0.29, 0.717) is 5.56 Å². The van der Waals surface area contributed by atoms with Crippen molar-refractivity contribution in [2.45, 2.75) is 5.54 Å². The first-order chi connectivity index (χ1) is 20.3. The van der Waals surface area contributed by atoms with Gasteiger partial charge < -0.3 is 9.13 Å². The zero-order valence-electron chi connectivity index (χ0n) is 22.2. The van der Waals surface area contributed by atoms with Gasteiger partial charge in [0.05, 0.1) is 27.8 Å². The Morgan fingerprint density at radius 3 is 1.85 bits per heavy atom. The van der Waals surface area contributed by atoms with Crippen molar-refractivity contribution in [3.63, 3.8) is 0 Å². The molecule has 1 atom stereocenters. The highest BCUT2D eigenvalue weighted by molar-refractivity contribution is 6.24. The molecular weight excluding hydrogens is 500 g/mol. The normalized spacial score (nSPS) is 16.0. The summed E-state index contributed by atoms with van der Waals surface area (Å²) < 4.78 is 4.98. The number of benzene rings is 6. The zero-order chi connectivity index (χ0) is 27.1. The van der Waals surface area contributed by atoms with Gasteiger partial charge in [-0.05, 0) is 29.3 Å². The summed E-state index contributed by atoms with van der Waals surface area (Å²) in [6.07, 6.45) is 1.01. The van der Waals surface area contributed by atoms with E-state index in [4.69, 9.17) is 0 Å². The molecule has 3 heteroatoms. The van der Waals surface area contributed by atoms with Crippen LogP contribution in [0, 0.1) is 0 Å². The Bertz CT molecular complexity index is 2340. The van der Waals surface area contributed by atoms with Crippen LogP contribution < -0.4 is 0 Å². The van der Waals surface area contributed by atoms with Crippen LogP contribution in [0.2, 0.25) is 0 Å². The number of fused-ring (bicyclic) bond motifs is 8. The van der Waals surface area contributed by atoms with E-state index in [0.717, 1.165) is 34.2 Å². The van der Waals surface area contributed by atoms with Crippen LogP contribution in [0.15, 0.2) is 140 Å². The maximum Gasteiger partial charge on any atom is 0.150 e. The molecule has 192 valence electrons. The van der Waals surface area contributed by atoms with Gasteiger partial charge in [0.2, 0.25) is 0 Å². The first kappa shape index (κ1) is 22.4. The number of aldehydes is 1. The monoisotopic (exact) mass is 524 g/mol. The number of carbonyl (C=O) groups excluding carboxylic acids is 1. The zero-order valence-corrected chi connectivity index (χ0v) is 22.2. The summed E-state index contributed by atoms with van der Waals surface area (Å²) in [6, 6.07) is 49.4. The second-order valence-electron chi connectivity index (χ2n) is 10.9. The molecule has 3 nitrogen and oxygen atoms in total. The number of hydrogen-bond acceptors (Lipinski definition) is 1. The van der Waals surface area contributed by atoms with Gasteiger partial charge in [-0.15, -0.1) is 0 Å². The number of nitrogens with zero attached hydrogens (tertiary/aromatic N) is 2. The Hall–Kier alpha value is -5.41. The van der Waals surface area contributed by atoms with E-state index < -0.39 is 5.54 Å². The molecule has 8 aromatic rings. The van der Waals surface area contributed by atoms with Crippen molar-refractivity contribution in [3.8, 4) is 5.69 Å². The minimum atomic E-state index is -0.828. The molecule has 0 fully saturated rings. The summed E-state index contributed by atoms with van der Waals surface area (Å²) >= 11 is 0. The second-order valence-corrected chi connectivity index (χ2v) is 10.9. The molecule has 1 unspecified atom stereocenters. The van der Waals surface area contributed by atoms with Crippen LogP contribution in [0.25, 0.3) is 49.3 Å². The van der Waals surface area contributed by atoms with E-state index in [9.17, 15) is 4.79 Å². The van der Waals surface area contributed by atoms with Crippen LogP contribution in [-0.4, -0.2) is 15.4 Å². The lowest BCUT2D eigenvalue weighted by atomic mass is 9.74. The third-order valence-corrected chi connectivity index (χ3v) is 9.01. The Morgan fingerprint density at radius 1 is 0.488 bits per heavy atom. The van der Waals surface area contributed by atoms with Gasteiger partial charge >= 0.3 is 0 Å². The lowest BCUT2D eigenvalue weighted by Gasteiger charge is -2.39. The first-order valence-electron chi connectivity index (χ1n) is 14.0. The predicted molar refractivity (Wildman–Crippen MR) is 167 cm³/mol. The number of carbonyl (C=O) groups is 1. The molecule has 1 aliphatic heterocycles. The molecule has 9 rings (SSSR count). The van der Waals surface area contributed by atoms with Gasteiger partial charge in [-0.1, -0.05) is 121 Å². The third-order valence-electron chi connectivity index (χ3n) is 9.01. The molecule has 0 saturated heterocycles. The van der Waals surface area contributed by atoms with Crippen LogP contribution in [0.5, 0.6) is 0 Å². The minimum absolute atomic E-state index is 0.681. The van der Waals surface area contributed by atoms with Crippen molar-refractivity contribution < 1.29 is 4.79 Å². The highest BCUT2D eigenvalue weighted by atomic mass is 16.1. The molecule has 2 aromatic heterocycles. The lowest BCUT2D eigenvalue weighted by Crippen LogP contribution is -2.38. The first-order valence-corrected chi connectivity index (χ1v) is 14.0. The van der Waals surface area contributed by atoms with Crippen molar-refractivity contribution in [2.75, 3.05) is 0 Å². The van der Waals surface area contributed by atoms with E-state index >= 15 is 0 Å². The fourth-order valence-electron chi connectivity index (χ4n) is 7.51. The van der Waals surface area contributed by atoms with Gasteiger partial charge in [0.15, 0.2) is 0 Å². The minimum Gasteiger partial charge on any atom is -0.320 e. The molecular formula is C38H24N2O. The van der Waals surface area contributed by atoms with E-state index in [1.807, 2.05) is 12.1 Å². The molecule has 3 heterocycles. The van der Waals surface area contributed by atoms with Gasteiger partial charge in [-0.2, -0.15) is 0 Å². The van der Waals surface area contributed by atoms with E-state index in [1.165, 1.54) is 38.1 Å². The van der Waals surface area contributed by atoms with Crippen molar-refractivity contribution in [2.24, 2.45) is 0 Å². The smallest absolute Gasteiger partial charge is 0.150 e. The van der Waals surface area contributed by atoms with Crippen LogP contribution in [0.4, 0.5) is 0 Å². The van der Waals surface area contributed by atoms with Crippen LogP contribution in [0.3, 0.4) is 0 Å². The molecule has 0 N–H and O–H groups in total. The molecule has 0 bridgehead atoms. The average Bonchev–Trinajstić information content (AvgIpc) is 3.52. The van der Waals surface area contributed by atoms with Crippen LogP contribution in [0.1, 0.15) is 27.0 Å². The lowest BCUT2D eigenvalue weighted by molar-refractivity contribution is 0.112. The molecule has 0 saturated carbocycles. The third kappa shape index (κ3) is 2.66. The maximum atomic E-state index is 12.8. The molecule has 6 aromatic carbocycles. The standard InChI is InChI=1S/C38H24N2O/c41-24-25-12-4-7-17-31(25)38(26-13-2-1-3-14-26)32-18-8-11-21-35(32)39-33-19-9-5-15-27(33)29-22-23-30-28-16-6-10-20-34(28)40(38)37(30)36(29)39/h1-24H. The van der Waals surface area contributed by atoms with Crippen molar-refractivity contribution in [1.82, 2.24) is 9.13 Å². The molecule has 0 radical (unpaired) electrons. The van der Waals surface area contributed by atoms with Gasteiger partial charge in [0.25, 0.3) is 0 Å².